The minimum Gasteiger partial charge on any atom is -0.497 e. The number of aliphatic hydroxyl groups excluding tert-OH is 1. The lowest BCUT2D eigenvalue weighted by atomic mass is 10.2. The van der Waals surface area contributed by atoms with Crippen LogP contribution in [-0.4, -0.2) is 38.0 Å². The van der Waals surface area contributed by atoms with E-state index in [1.165, 1.54) is 0 Å². The molecule has 0 saturated carbocycles. The molecule has 1 unspecified atom stereocenters. The van der Waals surface area contributed by atoms with E-state index in [-0.39, 0.29) is 6.10 Å². The van der Waals surface area contributed by atoms with Gasteiger partial charge in [-0.2, -0.15) is 0 Å². The number of rotatable bonds is 8. The second kappa shape index (κ2) is 7.95. The minimum atomic E-state index is -0.281. The molecule has 0 fully saturated rings. The Bertz CT molecular complexity index is 342. The Kier molecular flexibility index (Phi) is 6.54. The average molecular weight is 252 g/mol. The van der Waals surface area contributed by atoms with Crippen LogP contribution in [0.25, 0.3) is 0 Å². The molecule has 4 nitrogen and oxygen atoms in total. The number of hydrogen-bond donors (Lipinski definition) is 2. The quantitative estimate of drug-likeness (QED) is 0.738. The van der Waals surface area contributed by atoms with Gasteiger partial charge in [-0.25, -0.2) is 0 Å². The molecular weight excluding hydrogens is 228 g/mol. The monoisotopic (exact) mass is 252 g/mol. The molecule has 0 saturated heterocycles. The van der Waals surface area contributed by atoms with Crippen molar-refractivity contribution in [3.05, 3.63) is 24.3 Å². The van der Waals surface area contributed by atoms with E-state index in [1.807, 2.05) is 25.1 Å². The fourth-order valence-corrected chi connectivity index (χ4v) is 1.80. The summed E-state index contributed by atoms with van der Waals surface area (Å²) in [6.45, 7) is 4.21. The molecule has 18 heavy (non-hydrogen) atoms. The zero-order chi connectivity index (χ0) is 13.4. The molecule has 0 aromatic heterocycles. The van der Waals surface area contributed by atoms with E-state index >= 15 is 0 Å². The van der Waals surface area contributed by atoms with Crippen LogP contribution in [0.1, 0.15) is 19.8 Å². The number of benzene rings is 1. The molecular formula is C14H24N2O2. The van der Waals surface area contributed by atoms with Gasteiger partial charge >= 0.3 is 0 Å². The lowest BCUT2D eigenvalue weighted by molar-refractivity contribution is 0.186. The molecule has 1 atom stereocenters. The third-order valence-electron chi connectivity index (χ3n) is 2.87. The topological polar surface area (TPSA) is 58.7 Å². The molecule has 0 aliphatic rings. The first-order valence-corrected chi connectivity index (χ1v) is 6.44. The highest BCUT2D eigenvalue weighted by molar-refractivity contribution is 5.50. The van der Waals surface area contributed by atoms with Gasteiger partial charge in [-0.15, -0.1) is 0 Å². The van der Waals surface area contributed by atoms with Gasteiger partial charge in [-0.3, -0.25) is 0 Å². The summed E-state index contributed by atoms with van der Waals surface area (Å²) in [5.41, 5.74) is 6.68. The van der Waals surface area contributed by atoms with Crippen molar-refractivity contribution in [1.82, 2.24) is 0 Å². The van der Waals surface area contributed by atoms with Crippen LogP contribution in [0.5, 0.6) is 5.75 Å². The van der Waals surface area contributed by atoms with Gasteiger partial charge in [0, 0.05) is 24.8 Å². The molecule has 0 aliphatic heterocycles. The second-order valence-electron chi connectivity index (χ2n) is 4.47. The Morgan fingerprint density at radius 3 is 2.78 bits per heavy atom. The summed E-state index contributed by atoms with van der Waals surface area (Å²) in [4.78, 5) is 2.24. The fourth-order valence-electron chi connectivity index (χ4n) is 1.80. The summed E-state index contributed by atoms with van der Waals surface area (Å²) in [5.74, 6) is 0.849. The highest BCUT2D eigenvalue weighted by Crippen LogP contribution is 2.21. The third-order valence-corrected chi connectivity index (χ3v) is 2.87. The highest BCUT2D eigenvalue weighted by atomic mass is 16.5. The van der Waals surface area contributed by atoms with Crippen LogP contribution >= 0.6 is 0 Å². The molecule has 1 aromatic carbocycles. The zero-order valence-electron chi connectivity index (χ0n) is 11.3. The Balaban J connectivity index is 2.72. The summed E-state index contributed by atoms with van der Waals surface area (Å²) < 4.78 is 5.23. The van der Waals surface area contributed by atoms with Gasteiger partial charge in [-0.05, 0) is 38.4 Å². The molecule has 0 aliphatic carbocycles. The van der Waals surface area contributed by atoms with Crippen LogP contribution in [0.4, 0.5) is 5.69 Å². The van der Waals surface area contributed by atoms with E-state index in [1.54, 1.807) is 7.11 Å². The van der Waals surface area contributed by atoms with Crippen molar-refractivity contribution in [1.29, 1.82) is 0 Å². The van der Waals surface area contributed by atoms with Gasteiger partial charge in [-0.1, -0.05) is 6.07 Å². The third kappa shape index (κ3) is 4.94. The molecule has 1 rings (SSSR count). The van der Waals surface area contributed by atoms with Crippen LogP contribution in [0.3, 0.4) is 0 Å². The summed E-state index contributed by atoms with van der Waals surface area (Å²) in [6.07, 6.45) is 1.41. The second-order valence-corrected chi connectivity index (χ2v) is 4.47. The molecule has 102 valence electrons. The molecule has 0 spiro atoms. The van der Waals surface area contributed by atoms with Crippen molar-refractivity contribution in [3.63, 3.8) is 0 Å². The number of nitrogens with two attached hydrogens (primary N) is 1. The smallest absolute Gasteiger partial charge is 0.120 e. The normalized spacial score (nSPS) is 12.2. The van der Waals surface area contributed by atoms with Crippen molar-refractivity contribution in [3.8, 4) is 5.75 Å². The van der Waals surface area contributed by atoms with Crippen LogP contribution < -0.4 is 15.4 Å². The van der Waals surface area contributed by atoms with E-state index in [0.717, 1.165) is 37.4 Å². The Morgan fingerprint density at radius 1 is 1.39 bits per heavy atom. The highest BCUT2D eigenvalue weighted by Gasteiger charge is 2.08. The Hall–Kier alpha value is -1.26. The van der Waals surface area contributed by atoms with E-state index in [9.17, 15) is 5.11 Å². The number of ether oxygens (including phenoxy) is 1. The van der Waals surface area contributed by atoms with Crippen LogP contribution in [0.2, 0.25) is 0 Å². The summed E-state index contributed by atoms with van der Waals surface area (Å²) >= 11 is 0. The van der Waals surface area contributed by atoms with Crippen LogP contribution in [0, 0.1) is 0 Å². The molecule has 0 radical (unpaired) electrons. The van der Waals surface area contributed by atoms with Gasteiger partial charge in [0.2, 0.25) is 0 Å². The maximum Gasteiger partial charge on any atom is 0.120 e. The van der Waals surface area contributed by atoms with Crippen molar-refractivity contribution in [2.75, 3.05) is 31.6 Å². The SMILES string of the molecule is COc1cccc(N(CCCN)CCC(C)O)c1. The molecule has 4 heteroatoms. The Labute approximate surface area is 109 Å². The maximum atomic E-state index is 9.40. The number of methoxy groups -OCH3 is 1. The first-order chi connectivity index (χ1) is 8.67. The number of anilines is 1. The summed E-state index contributed by atoms with van der Waals surface area (Å²) in [6, 6.07) is 7.98. The van der Waals surface area contributed by atoms with Gasteiger partial charge in [0.25, 0.3) is 0 Å². The van der Waals surface area contributed by atoms with Gasteiger partial charge in [0.1, 0.15) is 5.75 Å². The predicted octanol–water partition coefficient (Wildman–Crippen LogP) is 1.62. The largest absolute Gasteiger partial charge is 0.497 e. The van der Waals surface area contributed by atoms with Crippen molar-refractivity contribution < 1.29 is 9.84 Å². The average Bonchev–Trinajstić information content (AvgIpc) is 2.38. The van der Waals surface area contributed by atoms with Gasteiger partial charge < -0.3 is 20.5 Å². The van der Waals surface area contributed by atoms with E-state index in [0.29, 0.717) is 6.54 Å². The maximum absolute atomic E-state index is 9.40. The number of aliphatic hydroxyl groups is 1. The molecule has 0 bridgehead atoms. The first-order valence-electron chi connectivity index (χ1n) is 6.44. The Morgan fingerprint density at radius 2 is 2.17 bits per heavy atom. The van der Waals surface area contributed by atoms with E-state index in [2.05, 4.69) is 11.0 Å². The summed E-state index contributed by atoms with van der Waals surface area (Å²) in [7, 11) is 1.67. The standard InChI is InChI=1S/C14H24N2O2/c1-12(17)7-10-16(9-4-8-15)13-5-3-6-14(11-13)18-2/h3,5-6,11-12,17H,4,7-10,15H2,1-2H3. The van der Waals surface area contributed by atoms with Gasteiger partial charge in [0.05, 0.1) is 13.2 Å². The van der Waals surface area contributed by atoms with Gasteiger partial charge in [0.15, 0.2) is 0 Å². The zero-order valence-corrected chi connectivity index (χ0v) is 11.3. The molecule has 0 heterocycles. The fraction of sp³-hybridized carbons (Fsp3) is 0.571. The van der Waals surface area contributed by atoms with E-state index in [4.69, 9.17) is 10.5 Å². The number of hydrogen-bond acceptors (Lipinski definition) is 4. The van der Waals surface area contributed by atoms with E-state index < -0.39 is 0 Å². The predicted molar refractivity (Wildman–Crippen MR) is 75.2 cm³/mol. The lowest BCUT2D eigenvalue weighted by Gasteiger charge is -2.25. The lowest BCUT2D eigenvalue weighted by Crippen LogP contribution is -2.29. The first kappa shape index (κ1) is 14.8. The summed E-state index contributed by atoms with van der Waals surface area (Å²) in [5, 5.41) is 9.40. The molecule has 1 aromatic rings. The molecule has 0 amide bonds. The van der Waals surface area contributed by atoms with Crippen molar-refractivity contribution >= 4 is 5.69 Å². The van der Waals surface area contributed by atoms with Crippen LogP contribution in [-0.2, 0) is 0 Å². The minimum absolute atomic E-state index is 0.281. The van der Waals surface area contributed by atoms with Crippen molar-refractivity contribution in [2.24, 2.45) is 5.73 Å². The van der Waals surface area contributed by atoms with Crippen LogP contribution in [0.15, 0.2) is 24.3 Å². The molecule has 3 N–H and O–H groups in total. The van der Waals surface area contributed by atoms with Crippen molar-refractivity contribution in [2.45, 2.75) is 25.9 Å². The number of nitrogens with zero attached hydrogens (tertiary/aromatic N) is 1.